The highest BCUT2D eigenvalue weighted by molar-refractivity contribution is 5.44. The lowest BCUT2D eigenvalue weighted by atomic mass is 10.4. The van der Waals surface area contributed by atoms with E-state index in [1.54, 1.807) is 7.11 Å². The highest BCUT2D eigenvalue weighted by Crippen LogP contribution is 2.19. The number of nitrogens with zero attached hydrogens (tertiary/aromatic N) is 5. The number of aromatic nitrogens is 3. The maximum atomic E-state index is 5.45. The first-order valence-corrected chi connectivity index (χ1v) is 6.92. The molecule has 1 aromatic heterocycles. The molecule has 0 spiro atoms. The van der Waals surface area contributed by atoms with Gasteiger partial charge < -0.3 is 14.5 Å². The Labute approximate surface area is 119 Å². The van der Waals surface area contributed by atoms with E-state index in [0.717, 1.165) is 32.7 Å². The van der Waals surface area contributed by atoms with Gasteiger partial charge in [0.05, 0.1) is 0 Å². The van der Waals surface area contributed by atoms with Gasteiger partial charge in [0.1, 0.15) is 0 Å². The molecular weight excluding hydrogens is 258 g/mol. The maximum Gasteiger partial charge on any atom is 0.243 e. The van der Waals surface area contributed by atoms with Gasteiger partial charge in [0.15, 0.2) is 0 Å². The fourth-order valence-electron chi connectivity index (χ4n) is 2.19. The fraction of sp³-hybridized carbons (Fsp3) is 0.750. The van der Waals surface area contributed by atoms with Crippen LogP contribution >= 0.6 is 0 Å². The number of nitrogens with one attached hydrogen (secondary N) is 1. The van der Waals surface area contributed by atoms with Gasteiger partial charge in [-0.3, -0.25) is 5.43 Å². The van der Waals surface area contributed by atoms with Gasteiger partial charge in [-0.05, 0) is 19.3 Å². The molecule has 1 fully saturated rings. The van der Waals surface area contributed by atoms with Gasteiger partial charge in [-0.15, -0.1) is 0 Å². The first-order valence-electron chi connectivity index (χ1n) is 6.92. The Hall–Kier alpha value is -1.67. The quantitative estimate of drug-likeness (QED) is 0.417. The molecule has 0 bridgehead atoms. The van der Waals surface area contributed by atoms with Crippen molar-refractivity contribution in [1.29, 1.82) is 0 Å². The number of ether oxygens (including phenoxy) is 1. The molecule has 20 heavy (non-hydrogen) atoms. The topological polar surface area (TPSA) is 92.4 Å². The van der Waals surface area contributed by atoms with Crippen LogP contribution in [-0.2, 0) is 4.74 Å². The van der Waals surface area contributed by atoms with Crippen LogP contribution in [0, 0.1) is 0 Å². The largest absolute Gasteiger partial charge is 0.385 e. The number of anilines is 3. The van der Waals surface area contributed by atoms with Crippen LogP contribution in [0.15, 0.2) is 0 Å². The van der Waals surface area contributed by atoms with E-state index in [2.05, 4.69) is 25.3 Å². The van der Waals surface area contributed by atoms with Gasteiger partial charge in [-0.25, -0.2) is 5.84 Å². The van der Waals surface area contributed by atoms with E-state index in [9.17, 15) is 0 Å². The molecule has 112 valence electrons. The van der Waals surface area contributed by atoms with Crippen molar-refractivity contribution in [2.75, 3.05) is 55.6 Å². The SMILES string of the molecule is COCCCN(C)c1nc(NN)nc(N2CCCC2)n1. The van der Waals surface area contributed by atoms with Crippen LogP contribution in [0.3, 0.4) is 0 Å². The van der Waals surface area contributed by atoms with Gasteiger partial charge >= 0.3 is 0 Å². The minimum atomic E-state index is 0.399. The van der Waals surface area contributed by atoms with Crippen LogP contribution in [0.2, 0.25) is 0 Å². The van der Waals surface area contributed by atoms with E-state index in [1.165, 1.54) is 12.8 Å². The smallest absolute Gasteiger partial charge is 0.243 e. The number of methoxy groups -OCH3 is 1. The van der Waals surface area contributed by atoms with E-state index in [4.69, 9.17) is 10.6 Å². The van der Waals surface area contributed by atoms with Crippen LogP contribution in [0.5, 0.6) is 0 Å². The highest BCUT2D eigenvalue weighted by atomic mass is 16.5. The van der Waals surface area contributed by atoms with E-state index >= 15 is 0 Å². The lowest BCUT2D eigenvalue weighted by molar-refractivity contribution is 0.196. The lowest BCUT2D eigenvalue weighted by Crippen LogP contribution is -2.27. The summed E-state index contributed by atoms with van der Waals surface area (Å²) in [6, 6.07) is 0. The molecule has 1 aliphatic rings. The van der Waals surface area contributed by atoms with E-state index in [-0.39, 0.29) is 0 Å². The standard InChI is InChI=1S/C12H23N7O/c1-18(6-5-9-20-2)11-14-10(17-13)15-12(16-11)19-7-3-4-8-19/h3-9,13H2,1-2H3,(H,14,15,16,17). The lowest BCUT2D eigenvalue weighted by Gasteiger charge is -2.21. The highest BCUT2D eigenvalue weighted by Gasteiger charge is 2.18. The van der Waals surface area contributed by atoms with E-state index < -0.39 is 0 Å². The molecule has 0 atom stereocenters. The second-order valence-corrected chi connectivity index (χ2v) is 4.87. The molecule has 0 amide bonds. The van der Waals surface area contributed by atoms with Crippen molar-refractivity contribution < 1.29 is 4.74 Å². The van der Waals surface area contributed by atoms with Crippen molar-refractivity contribution in [3.05, 3.63) is 0 Å². The predicted molar refractivity (Wildman–Crippen MR) is 78.8 cm³/mol. The zero-order chi connectivity index (χ0) is 14.4. The predicted octanol–water partition coefficient (Wildman–Crippen LogP) is 0.230. The summed E-state index contributed by atoms with van der Waals surface area (Å²) in [4.78, 5) is 17.3. The van der Waals surface area contributed by atoms with E-state index in [0.29, 0.717) is 17.8 Å². The summed E-state index contributed by atoms with van der Waals surface area (Å²) in [6.45, 7) is 3.51. The molecule has 3 N–H and O–H groups in total. The number of hydrogen-bond acceptors (Lipinski definition) is 8. The minimum Gasteiger partial charge on any atom is -0.385 e. The Morgan fingerprint density at radius 1 is 1.30 bits per heavy atom. The molecule has 1 aromatic rings. The number of hydrazine groups is 1. The summed E-state index contributed by atoms with van der Waals surface area (Å²) in [5, 5.41) is 0. The summed E-state index contributed by atoms with van der Waals surface area (Å²) in [5.74, 6) is 7.17. The van der Waals surface area contributed by atoms with Crippen molar-refractivity contribution in [2.45, 2.75) is 19.3 Å². The molecule has 0 unspecified atom stereocenters. The number of hydrogen-bond donors (Lipinski definition) is 2. The number of nitrogen functional groups attached to an aromatic ring is 1. The van der Waals surface area contributed by atoms with Gasteiger partial charge in [0, 0.05) is 40.4 Å². The average Bonchev–Trinajstić information content (AvgIpc) is 3.01. The van der Waals surface area contributed by atoms with Crippen molar-refractivity contribution in [1.82, 2.24) is 15.0 Å². The van der Waals surface area contributed by atoms with Crippen LogP contribution in [-0.4, -0.2) is 55.4 Å². The van der Waals surface area contributed by atoms with Gasteiger partial charge in [0.2, 0.25) is 17.8 Å². The molecule has 1 saturated heterocycles. The second-order valence-electron chi connectivity index (χ2n) is 4.87. The zero-order valence-electron chi connectivity index (χ0n) is 12.2. The Kier molecular flexibility index (Phi) is 5.31. The Balaban J connectivity index is 2.12. The van der Waals surface area contributed by atoms with Crippen molar-refractivity contribution in [3.8, 4) is 0 Å². The summed E-state index contributed by atoms with van der Waals surface area (Å²) in [7, 11) is 3.66. The molecule has 1 aliphatic heterocycles. The third-order valence-electron chi connectivity index (χ3n) is 3.31. The first kappa shape index (κ1) is 14.7. The normalized spacial score (nSPS) is 14.7. The Morgan fingerprint density at radius 2 is 2.05 bits per heavy atom. The molecule has 2 heterocycles. The first-order chi connectivity index (χ1) is 9.74. The van der Waals surface area contributed by atoms with Crippen LogP contribution in [0.4, 0.5) is 17.8 Å². The molecule has 2 rings (SSSR count). The molecule has 0 saturated carbocycles. The minimum absolute atomic E-state index is 0.399. The fourth-order valence-corrected chi connectivity index (χ4v) is 2.19. The van der Waals surface area contributed by atoms with Crippen LogP contribution < -0.4 is 21.1 Å². The second kappa shape index (κ2) is 7.20. The molecule has 8 nitrogen and oxygen atoms in total. The summed E-state index contributed by atoms with van der Waals surface area (Å²) in [5.41, 5.74) is 2.51. The summed E-state index contributed by atoms with van der Waals surface area (Å²) in [6.07, 6.45) is 3.27. The van der Waals surface area contributed by atoms with Crippen molar-refractivity contribution in [3.63, 3.8) is 0 Å². The molecule has 8 heteroatoms. The van der Waals surface area contributed by atoms with E-state index in [1.807, 2.05) is 11.9 Å². The monoisotopic (exact) mass is 281 g/mol. The van der Waals surface area contributed by atoms with Gasteiger partial charge in [-0.2, -0.15) is 15.0 Å². The Morgan fingerprint density at radius 3 is 2.70 bits per heavy atom. The Bertz CT molecular complexity index is 422. The summed E-state index contributed by atoms with van der Waals surface area (Å²) < 4.78 is 5.06. The molecule has 0 aliphatic carbocycles. The average molecular weight is 281 g/mol. The van der Waals surface area contributed by atoms with Crippen LogP contribution in [0.25, 0.3) is 0 Å². The molecular formula is C12H23N7O. The maximum absolute atomic E-state index is 5.45. The molecule has 0 radical (unpaired) electrons. The van der Waals surface area contributed by atoms with Gasteiger partial charge in [0.25, 0.3) is 0 Å². The number of rotatable bonds is 7. The van der Waals surface area contributed by atoms with Gasteiger partial charge in [-0.1, -0.05) is 0 Å². The third kappa shape index (κ3) is 3.67. The third-order valence-corrected chi connectivity index (χ3v) is 3.31. The van der Waals surface area contributed by atoms with Crippen molar-refractivity contribution in [2.24, 2.45) is 5.84 Å². The number of nitrogens with two attached hydrogens (primary N) is 1. The molecule has 0 aromatic carbocycles. The zero-order valence-corrected chi connectivity index (χ0v) is 12.2. The van der Waals surface area contributed by atoms with Crippen molar-refractivity contribution >= 4 is 17.8 Å². The summed E-state index contributed by atoms with van der Waals surface area (Å²) >= 11 is 0. The van der Waals surface area contributed by atoms with Crippen LogP contribution in [0.1, 0.15) is 19.3 Å².